The van der Waals surface area contributed by atoms with Gasteiger partial charge in [-0.3, -0.25) is 4.79 Å². The number of hydrogen-bond donors (Lipinski definition) is 0. The van der Waals surface area contributed by atoms with Crippen LogP contribution in [0.3, 0.4) is 0 Å². The lowest BCUT2D eigenvalue weighted by Crippen LogP contribution is -2.07. The molecule has 0 amide bonds. The molecule has 1 aromatic heterocycles. The lowest BCUT2D eigenvalue weighted by Gasteiger charge is -2.13. The second-order valence-electron chi connectivity index (χ2n) is 6.72. The Bertz CT molecular complexity index is 1120. The number of hydrogen-bond acceptors (Lipinski definition) is 4. The Morgan fingerprint density at radius 3 is 2.82 bits per heavy atom. The predicted octanol–water partition coefficient (Wildman–Crippen LogP) is 5.50. The average Bonchev–Trinajstić information content (AvgIpc) is 3.53. The van der Waals surface area contributed by atoms with Crippen LogP contribution < -0.4 is 14.9 Å². The molecule has 0 radical (unpaired) electrons. The molecule has 0 atom stereocenters. The number of ether oxygens (including phenoxy) is 2. The minimum Gasteiger partial charge on any atom is -0.493 e. The number of benzene rings is 2. The van der Waals surface area contributed by atoms with Crippen molar-refractivity contribution in [3.63, 3.8) is 0 Å². The monoisotopic (exact) mass is 492 g/mol. The molecule has 0 bridgehead atoms. The maximum atomic E-state index is 13.4. The van der Waals surface area contributed by atoms with Crippen LogP contribution >= 0.6 is 22.6 Å². The van der Waals surface area contributed by atoms with E-state index >= 15 is 0 Å². The molecule has 1 aliphatic carbocycles. The van der Waals surface area contributed by atoms with E-state index in [2.05, 4.69) is 0 Å². The van der Waals surface area contributed by atoms with Crippen LogP contribution in [0.1, 0.15) is 24.2 Å². The molecular formula is C22H18FIO4. The van der Waals surface area contributed by atoms with E-state index < -0.39 is 5.82 Å². The fraction of sp³-hybridized carbons (Fsp3) is 0.227. The summed E-state index contributed by atoms with van der Waals surface area (Å²) in [6.07, 6.45) is 5.95. The fourth-order valence-corrected chi connectivity index (χ4v) is 3.48. The van der Waals surface area contributed by atoms with Crippen LogP contribution in [0.15, 0.2) is 45.6 Å². The molecule has 1 fully saturated rings. The maximum Gasteiger partial charge on any atom is 0.206 e. The molecule has 1 heterocycles. The SMILES string of the molecule is COc1cccc(/C=C/c2oc3ccc(F)cc3c(=O)c2I)c1OCC1CC1. The molecule has 4 rings (SSSR count). The molecule has 144 valence electrons. The Balaban J connectivity index is 1.72. The molecule has 0 N–H and O–H groups in total. The second-order valence-corrected chi connectivity index (χ2v) is 7.79. The number of rotatable bonds is 6. The van der Waals surface area contributed by atoms with Crippen molar-refractivity contribution in [3.8, 4) is 11.5 Å². The van der Waals surface area contributed by atoms with Crippen molar-refractivity contribution in [3.05, 3.63) is 67.3 Å². The molecule has 0 saturated heterocycles. The van der Waals surface area contributed by atoms with Crippen molar-refractivity contribution >= 4 is 45.7 Å². The van der Waals surface area contributed by atoms with Gasteiger partial charge in [0.15, 0.2) is 11.5 Å². The van der Waals surface area contributed by atoms with Crippen LogP contribution in [0.5, 0.6) is 11.5 Å². The highest BCUT2D eigenvalue weighted by atomic mass is 127. The number of para-hydroxylation sites is 1. The molecular weight excluding hydrogens is 474 g/mol. The zero-order valence-corrected chi connectivity index (χ0v) is 17.4. The van der Waals surface area contributed by atoms with E-state index in [-0.39, 0.29) is 10.8 Å². The zero-order valence-electron chi connectivity index (χ0n) is 15.2. The third-order valence-corrected chi connectivity index (χ3v) is 5.65. The van der Waals surface area contributed by atoms with E-state index in [0.717, 1.165) is 5.56 Å². The van der Waals surface area contributed by atoms with Gasteiger partial charge in [0, 0.05) is 5.56 Å². The number of halogens is 2. The van der Waals surface area contributed by atoms with Crippen molar-refractivity contribution in [2.45, 2.75) is 12.8 Å². The first-order valence-electron chi connectivity index (χ1n) is 8.96. The number of fused-ring (bicyclic) bond motifs is 1. The molecule has 0 aliphatic heterocycles. The summed E-state index contributed by atoms with van der Waals surface area (Å²) in [6, 6.07) is 9.60. The Hall–Kier alpha value is -2.35. The van der Waals surface area contributed by atoms with Crippen molar-refractivity contribution in [2.24, 2.45) is 5.92 Å². The van der Waals surface area contributed by atoms with Crippen molar-refractivity contribution in [2.75, 3.05) is 13.7 Å². The van der Waals surface area contributed by atoms with E-state index in [4.69, 9.17) is 13.9 Å². The Morgan fingerprint density at radius 1 is 1.25 bits per heavy atom. The van der Waals surface area contributed by atoms with E-state index in [0.29, 0.717) is 38.9 Å². The zero-order chi connectivity index (χ0) is 19.7. The molecule has 0 spiro atoms. The van der Waals surface area contributed by atoms with Crippen molar-refractivity contribution in [1.82, 2.24) is 0 Å². The summed E-state index contributed by atoms with van der Waals surface area (Å²) in [5.41, 5.74) is 0.928. The van der Waals surface area contributed by atoms with E-state index in [1.807, 2.05) is 46.9 Å². The summed E-state index contributed by atoms with van der Waals surface area (Å²) >= 11 is 1.93. The molecule has 1 saturated carbocycles. The maximum absolute atomic E-state index is 13.4. The fourth-order valence-electron chi connectivity index (χ4n) is 2.90. The van der Waals surface area contributed by atoms with Gasteiger partial charge in [-0.2, -0.15) is 0 Å². The van der Waals surface area contributed by atoms with Gasteiger partial charge in [-0.05, 0) is 77.8 Å². The van der Waals surface area contributed by atoms with Crippen LogP contribution in [0.2, 0.25) is 0 Å². The van der Waals surface area contributed by atoms with Gasteiger partial charge in [-0.1, -0.05) is 12.1 Å². The topological polar surface area (TPSA) is 48.7 Å². The van der Waals surface area contributed by atoms with Crippen LogP contribution in [-0.4, -0.2) is 13.7 Å². The largest absolute Gasteiger partial charge is 0.493 e. The first-order chi connectivity index (χ1) is 13.6. The van der Waals surface area contributed by atoms with E-state index in [1.54, 1.807) is 13.2 Å². The van der Waals surface area contributed by atoms with Crippen LogP contribution in [0.4, 0.5) is 4.39 Å². The smallest absolute Gasteiger partial charge is 0.206 e. The summed E-state index contributed by atoms with van der Waals surface area (Å²) in [6.45, 7) is 0.662. The highest BCUT2D eigenvalue weighted by Gasteiger charge is 2.23. The van der Waals surface area contributed by atoms with Gasteiger partial charge < -0.3 is 13.9 Å². The summed E-state index contributed by atoms with van der Waals surface area (Å²) in [5, 5.41) is 0.233. The molecule has 0 unspecified atom stereocenters. The Morgan fingerprint density at radius 2 is 2.07 bits per heavy atom. The van der Waals surface area contributed by atoms with Crippen molar-refractivity contribution < 1.29 is 18.3 Å². The van der Waals surface area contributed by atoms with Crippen molar-refractivity contribution in [1.29, 1.82) is 0 Å². The van der Waals surface area contributed by atoms with Crippen LogP contribution in [-0.2, 0) is 0 Å². The molecule has 6 heteroatoms. The summed E-state index contributed by atoms with van der Waals surface area (Å²) < 4.78 is 31.1. The predicted molar refractivity (Wildman–Crippen MR) is 115 cm³/mol. The normalized spacial score (nSPS) is 14.0. The lowest BCUT2D eigenvalue weighted by molar-refractivity contribution is 0.280. The van der Waals surface area contributed by atoms with Crippen LogP contribution in [0.25, 0.3) is 23.1 Å². The summed E-state index contributed by atoms with van der Waals surface area (Å²) in [4.78, 5) is 12.6. The third-order valence-electron chi connectivity index (χ3n) is 4.63. The van der Waals surface area contributed by atoms with Gasteiger partial charge in [0.2, 0.25) is 5.43 Å². The summed E-state index contributed by atoms with van der Waals surface area (Å²) in [7, 11) is 1.61. The third kappa shape index (κ3) is 3.92. The van der Waals surface area contributed by atoms with Gasteiger partial charge in [0.25, 0.3) is 0 Å². The summed E-state index contributed by atoms with van der Waals surface area (Å²) in [5.74, 6) is 1.90. The average molecular weight is 492 g/mol. The van der Waals surface area contributed by atoms with Gasteiger partial charge in [-0.15, -0.1) is 0 Å². The minimum atomic E-state index is -0.465. The molecule has 1 aliphatic rings. The Labute approximate surface area is 175 Å². The second kappa shape index (κ2) is 7.95. The first kappa shape index (κ1) is 19.0. The molecule has 28 heavy (non-hydrogen) atoms. The standard InChI is InChI=1S/C22H18FIO4/c1-26-19-4-2-3-14(22(19)27-12-13-5-6-13)7-9-18-20(24)21(25)16-11-15(23)8-10-17(16)28-18/h2-4,7-11,13H,5-6,12H2,1H3/b9-7+. The highest BCUT2D eigenvalue weighted by Crippen LogP contribution is 2.36. The molecule has 4 nitrogen and oxygen atoms in total. The quantitative estimate of drug-likeness (QED) is 0.427. The lowest BCUT2D eigenvalue weighted by atomic mass is 10.1. The van der Waals surface area contributed by atoms with E-state index in [1.165, 1.54) is 31.0 Å². The van der Waals surface area contributed by atoms with Crippen LogP contribution in [0, 0.1) is 15.3 Å². The van der Waals surface area contributed by atoms with Gasteiger partial charge >= 0.3 is 0 Å². The minimum absolute atomic E-state index is 0.233. The Kier molecular flexibility index (Phi) is 5.39. The number of methoxy groups -OCH3 is 1. The highest BCUT2D eigenvalue weighted by molar-refractivity contribution is 14.1. The van der Waals surface area contributed by atoms with E-state index in [9.17, 15) is 9.18 Å². The molecule has 3 aromatic rings. The van der Waals surface area contributed by atoms with Gasteiger partial charge in [0.1, 0.15) is 20.7 Å². The molecule has 2 aromatic carbocycles. The first-order valence-corrected chi connectivity index (χ1v) is 10.0. The van der Waals surface area contributed by atoms with Gasteiger partial charge in [-0.25, -0.2) is 4.39 Å². The van der Waals surface area contributed by atoms with Gasteiger partial charge in [0.05, 0.1) is 19.1 Å².